The lowest BCUT2D eigenvalue weighted by Gasteiger charge is -2.27. The average molecular weight is 363 g/mol. The van der Waals surface area contributed by atoms with Crippen molar-refractivity contribution in [1.82, 2.24) is 10.6 Å². The summed E-state index contributed by atoms with van der Waals surface area (Å²) in [5.41, 5.74) is 1.01. The lowest BCUT2D eigenvalue weighted by molar-refractivity contribution is -0.142. The van der Waals surface area contributed by atoms with E-state index in [1.54, 1.807) is 12.1 Å². The molecule has 3 rings (SSSR count). The molecule has 1 atom stereocenters. The number of carboxylic acids is 1. The number of aliphatic carboxylic acids is 1. The van der Waals surface area contributed by atoms with Gasteiger partial charge in [0.25, 0.3) is 0 Å². The number of carbonyl (C=O) groups is 2. The summed E-state index contributed by atoms with van der Waals surface area (Å²) >= 11 is 0. The Morgan fingerprint density at radius 2 is 1.81 bits per heavy atom. The maximum Gasteiger partial charge on any atom is 0.315 e. The summed E-state index contributed by atoms with van der Waals surface area (Å²) in [5.74, 6) is -0.874. The average Bonchev–Trinajstić information content (AvgIpc) is 3.10. The fourth-order valence-corrected chi connectivity index (χ4v) is 3.84. The number of urea groups is 1. The Morgan fingerprint density at radius 3 is 2.46 bits per heavy atom. The minimum atomic E-state index is -0.736. The summed E-state index contributed by atoms with van der Waals surface area (Å²) in [7, 11) is 0. The quantitative estimate of drug-likeness (QED) is 0.751. The zero-order valence-corrected chi connectivity index (χ0v) is 14.8. The molecule has 1 saturated heterocycles. The van der Waals surface area contributed by atoms with Gasteiger partial charge in [-0.3, -0.25) is 4.79 Å². The summed E-state index contributed by atoms with van der Waals surface area (Å²) in [6, 6.07) is 6.38. The maximum atomic E-state index is 13.0. The zero-order valence-electron chi connectivity index (χ0n) is 14.8. The second kappa shape index (κ2) is 8.38. The van der Waals surface area contributed by atoms with E-state index in [0.717, 1.165) is 25.2 Å². The molecule has 1 aromatic carbocycles. The van der Waals surface area contributed by atoms with E-state index in [9.17, 15) is 14.0 Å². The molecule has 1 aliphatic carbocycles. The fraction of sp³-hybridized carbons (Fsp3) is 0.579. The van der Waals surface area contributed by atoms with Gasteiger partial charge >= 0.3 is 12.0 Å². The monoisotopic (exact) mass is 363 g/mol. The van der Waals surface area contributed by atoms with Crippen molar-refractivity contribution >= 4 is 17.7 Å². The van der Waals surface area contributed by atoms with Crippen LogP contribution in [0, 0.1) is 17.7 Å². The van der Waals surface area contributed by atoms with Gasteiger partial charge < -0.3 is 20.6 Å². The van der Waals surface area contributed by atoms with Crippen molar-refractivity contribution in [3.05, 3.63) is 30.1 Å². The third-order valence-corrected chi connectivity index (χ3v) is 5.44. The number of nitrogens with one attached hydrogen (secondary N) is 2. The minimum absolute atomic E-state index is 0.0601. The molecule has 1 aliphatic heterocycles. The molecule has 0 spiro atoms. The highest BCUT2D eigenvalue weighted by Gasteiger charge is 2.27. The first kappa shape index (κ1) is 18.5. The Balaban J connectivity index is 1.36. The van der Waals surface area contributed by atoms with Gasteiger partial charge in [0.05, 0.1) is 5.92 Å². The molecule has 1 aromatic rings. The second-order valence-electron chi connectivity index (χ2n) is 7.32. The summed E-state index contributed by atoms with van der Waals surface area (Å²) in [6.45, 7) is 2.35. The first-order valence-electron chi connectivity index (χ1n) is 9.29. The second-order valence-corrected chi connectivity index (χ2v) is 7.32. The van der Waals surface area contributed by atoms with Crippen LogP contribution in [0.15, 0.2) is 24.3 Å². The fourth-order valence-electron chi connectivity index (χ4n) is 3.84. The number of carboxylic acid groups (broad SMARTS) is 1. The van der Waals surface area contributed by atoms with Crippen LogP contribution in [0.4, 0.5) is 14.9 Å². The Labute approximate surface area is 152 Å². The Kier molecular flexibility index (Phi) is 5.96. The molecule has 3 N–H and O–H groups in total. The Hall–Kier alpha value is -2.31. The molecule has 1 saturated carbocycles. The van der Waals surface area contributed by atoms with Crippen LogP contribution in [-0.2, 0) is 4.79 Å². The molecule has 2 amide bonds. The zero-order chi connectivity index (χ0) is 18.5. The molecule has 1 heterocycles. The van der Waals surface area contributed by atoms with Crippen molar-refractivity contribution in [2.75, 3.05) is 24.5 Å². The molecule has 142 valence electrons. The van der Waals surface area contributed by atoms with Gasteiger partial charge in [0.1, 0.15) is 5.82 Å². The van der Waals surface area contributed by atoms with E-state index < -0.39 is 5.97 Å². The van der Waals surface area contributed by atoms with E-state index >= 15 is 0 Å². The van der Waals surface area contributed by atoms with Crippen LogP contribution in [0.2, 0.25) is 0 Å². The predicted molar refractivity (Wildman–Crippen MR) is 96.6 cm³/mol. The highest BCUT2D eigenvalue weighted by molar-refractivity contribution is 5.74. The summed E-state index contributed by atoms with van der Waals surface area (Å²) < 4.78 is 13.0. The third-order valence-electron chi connectivity index (χ3n) is 5.44. The van der Waals surface area contributed by atoms with Crippen molar-refractivity contribution in [2.45, 2.75) is 38.1 Å². The smallest absolute Gasteiger partial charge is 0.315 e. The number of carbonyl (C=O) groups excluding carboxylic acids is 1. The van der Waals surface area contributed by atoms with E-state index in [1.807, 2.05) is 0 Å². The van der Waals surface area contributed by atoms with Crippen molar-refractivity contribution in [1.29, 1.82) is 0 Å². The van der Waals surface area contributed by atoms with Gasteiger partial charge in [-0.15, -0.1) is 0 Å². The van der Waals surface area contributed by atoms with Crippen molar-refractivity contribution < 1.29 is 19.1 Å². The molecule has 26 heavy (non-hydrogen) atoms. The van der Waals surface area contributed by atoms with Crippen LogP contribution in [0.25, 0.3) is 0 Å². The molecule has 0 radical (unpaired) electrons. The van der Waals surface area contributed by atoms with Gasteiger partial charge in [0.15, 0.2) is 0 Å². The number of nitrogens with zero attached hydrogens (tertiary/aromatic N) is 1. The largest absolute Gasteiger partial charge is 0.481 e. The molecule has 7 heteroatoms. The maximum absolute atomic E-state index is 13.0. The van der Waals surface area contributed by atoms with Crippen molar-refractivity contribution in [2.24, 2.45) is 11.8 Å². The predicted octanol–water partition coefficient (Wildman–Crippen LogP) is 2.59. The number of hydrogen-bond donors (Lipinski definition) is 3. The van der Waals surface area contributed by atoms with Gasteiger partial charge in [0, 0.05) is 31.4 Å². The van der Waals surface area contributed by atoms with Gasteiger partial charge in [-0.05, 0) is 62.3 Å². The highest BCUT2D eigenvalue weighted by Crippen LogP contribution is 2.25. The van der Waals surface area contributed by atoms with E-state index in [1.165, 1.54) is 12.1 Å². The first-order valence-corrected chi connectivity index (χ1v) is 9.29. The van der Waals surface area contributed by atoms with Crippen LogP contribution in [0.1, 0.15) is 32.1 Å². The van der Waals surface area contributed by atoms with E-state index in [0.29, 0.717) is 38.1 Å². The van der Waals surface area contributed by atoms with Crippen LogP contribution in [0.3, 0.4) is 0 Å². The van der Waals surface area contributed by atoms with Crippen molar-refractivity contribution in [3.8, 4) is 0 Å². The van der Waals surface area contributed by atoms with Gasteiger partial charge in [0.2, 0.25) is 0 Å². The lowest BCUT2D eigenvalue weighted by Crippen LogP contribution is -2.45. The molecule has 6 nitrogen and oxygen atoms in total. The van der Waals surface area contributed by atoms with Crippen LogP contribution in [0.5, 0.6) is 0 Å². The lowest BCUT2D eigenvalue weighted by atomic mass is 9.86. The van der Waals surface area contributed by atoms with Crippen molar-refractivity contribution in [3.63, 3.8) is 0 Å². The van der Waals surface area contributed by atoms with E-state index in [-0.39, 0.29) is 23.8 Å². The van der Waals surface area contributed by atoms with Crippen LogP contribution >= 0.6 is 0 Å². The number of amides is 2. The van der Waals surface area contributed by atoms with Crippen LogP contribution < -0.4 is 15.5 Å². The Morgan fingerprint density at radius 1 is 1.12 bits per heavy atom. The standard InChI is InChI=1S/C19H26FN3O3/c20-15-3-7-17(8-4-15)23-10-9-13(12-23)11-21-19(26)22-16-5-1-14(2-6-16)18(24)25/h3-4,7-8,13-14,16H,1-2,5-6,9-12H2,(H,24,25)(H2,21,22,26). The van der Waals surface area contributed by atoms with Gasteiger partial charge in [-0.1, -0.05) is 0 Å². The SMILES string of the molecule is O=C(NCC1CCN(c2ccc(F)cc2)C1)NC1CCC(C(=O)O)CC1. The Bertz CT molecular complexity index is 629. The number of halogens is 1. The number of anilines is 1. The van der Waals surface area contributed by atoms with Gasteiger partial charge in [-0.25, -0.2) is 9.18 Å². The molecular weight excluding hydrogens is 337 g/mol. The van der Waals surface area contributed by atoms with Gasteiger partial charge in [-0.2, -0.15) is 0 Å². The molecule has 2 fully saturated rings. The van der Waals surface area contributed by atoms with E-state index in [4.69, 9.17) is 5.11 Å². The topological polar surface area (TPSA) is 81.7 Å². The van der Waals surface area contributed by atoms with E-state index in [2.05, 4.69) is 15.5 Å². The minimum Gasteiger partial charge on any atom is -0.481 e. The molecule has 0 bridgehead atoms. The molecule has 0 aromatic heterocycles. The summed E-state index contributed by atoms with van der Waals surface area (Å²) in [6.07, 6.45) is 3.66. The van der Waals surface area contributed by atoms with Crippen LogP contribution in [-0.4, -0.2) is 42.8 Å². The number of rotatable bonds is 5. The number of benzene rings is 1. The summed E-state index contributed by atoms with van der Waals surface area (Å²) in [5, 5.41) is 14.9. The normalized spacial score (nSPS) is 25.7. The highest BCUT2D eigenvalue weighted by atomic mass is 19.1. The summed E-state index contributed by atoms with van der Waals surface area (Å²) in [4.78, 5) is 25.2. The molecule has 1 unspecified atom stereocenters. The molecule has 2 aliphatic rings. The number of hydrogen-bond acceptors (Lipinski definition) is 3. The third kappa shape index (κ3) is 4.86. The first-order chi connectivity index (χ1) is 12.5. The molecular formula is C19H26FN3O3.